The predicted molar refractivity (Wildman–Crippen MR) is 123 cm³/mol. The second-order valence-electron chi connectivity index (χ2n) is 8.76. The van der Waals surface area contributed by atoms with Crippen LogP contribution < -0.4 is 4.74 Å². The van der Waals surface area contributed by atoms with Gasteiger partial charge in [0.1, 0.15) is 11.5 Å². The number of hydrogen-bond donors (Lipinski definition) is 1. The monoisotopic (exact) mass is 437 g/mol. The molecule has 3 rings (SSSR count). The number of ether oxygens (including phenoxy) is 1. The number of rotatable bonds is 8. The van der Waals surface area contributed by atoms with Crippen molar-refractivity contribution in [3.8, 4) is 5.75 Å². The Balaban J connectivity index is 2.06. The van der Waals surface area contributed by atoms with Gasteiger partial charge in [0.25, 0.3) is 11.7 Å². The van der Waals surface area contributed by atoms with Gasteiger partial charge in [0.15, 0.2) is 0 Å². The van der Waals surface area contributed by atoms with Crippen LogP contribution in [0.15, 0.2) is 48.3 Å². The first-order chi connectivity index (χ1) is 15.2. The van der Waals surface area contributed by atoms with E-state index < -0.39 is 17.7 Å². The fourth-order valence-corrected chi connectivity index (χ4v) is 3.70. The summed E-state index contributed by atoms with van der Waals surface area (Å²) in [7, 11) is 3.81. The van der Waals surface area contributed by atoms with E-state index in [2.05, 4.69) is 18.8 Å². The first-order valence-electron chi connectivity index (χ1n) is 10.8. The minimum absolute atomic E-state index is 0.0840. The van der Waals surface area contributed by atoms with Gasteiger partial charge in [-0.15, -0.1) is 0 Å². The molecular formula is C25H31N3O4. The van der Waals surface area contributed by atoms with Crippen molar-refractivity contribution in [2.75, 3.05) is 33.8 Å². The Bertz CT molecular complexity index is 1020. The number of nitrogens with zero attached hydrogens (tertiary/aromatic N) is 3. The molecule has 0 aliphatic carbocycles. The molecule has 2 aromatic rings. The molecule has 1 atom stereocenters. The average molecular weight is 438 g/mol. The molecule has 32 heavy (non-hydrogen) atoms. The number of likely N-dealkylation sites (N-methyl/N-ethyl adjacent to an activating group) is 1. The van der Waals surface area contributed by atoms with Crippen LogP contribution in [0.5, 0.6) is 5.75 Å². The normalized spacial score (nSPS) is 18.1. The van der Waals surface area contributed by atoms with Crippen LogP contribution in [-0.4, -0.2) is 65.4 Å². The van der Waals surface area contributed by atoms with Crippen molar-refractivity contribution in [1.29, 1.82) is 0 Å². The van der Waals surface area contributed by atoms with Crippen LogP contribution in [0.2, 0.25) is 0 Å². The zero-order valence-corrected chi connectivity index (χ0v) is 19.3. The number of aryl methyl sites for hydroxylation is 1. The lowest BCUT2D eigenvalue weighted by atomic mass is 9.94. The lowest BCUT2D eigenvalue weighted by Gasteiger charge is -2.26. The molecule has 0 saturated carbocycles. The Morgan fingerprint density at radius 3 is 2.59 bits per heavy atom. The molecule has 1 saturated heterocycles. The van der Waals surface area contributed by atoms with E-state index in [0.29, 0.717) is 42.5 Å². The fourth-order valence-electron chi connectivity index (χ4n) is 3.70. The Morgan fingerprint density at radius 2 is 2.00 bits per heavy atom. The van der Waals surface area contributed by atoms with Gasteiger partial charge in [-0.1, -0.05) is 19.9 Å². The van der Waals surface area contributed by atoms with Crippen molar-refractivity contribution in [3.63, 3.8) is 0 Å². The van der Waals surface area contributed by atoms with Gasteiger partial charge < -0.3 is 19.6 Å². The quantitative estimate of drug-likeness (QED) is 0.387. The molecule has 1 fully saturated rings. The number of hydrogen-bond acceptors (Lipinski definition) is 6. The second kappa shape index (κ2) is 9.96. The molecule has 0 radical (unpaired) electrons. The fraction of sp³-hybridized carbons (Fsp3) is 0.400. The van der Waals surface area contributed by atoms with Crippen LogP contribution >= 0.6 is 0 Å². The van der Waals surface area contributed by atoms with Gasteiger partial charge in [0, 0.05) is 31.0 Å². The number of aromatic nitrogens is 1. The highest BCUT2D eigenvalue weighted by Crippen LogP contribution is 2.39. The minimum Gasteiger partial charge on any atom is -0.507 e. The maximum atomic E-state index is 13.0. The molecule has 1 N–H and O–H groups in total. The van der Waals surface area contributed by atoms with E-state index in [1.165, 1.54) is 4.90 Å². The van der Waals surface area contributed by atoms with E-state index in [-0.39, 0.29) is 11.3 Å². The SMILES string of the molecule is Cc1cc(OCC(C)C)ccc1/C(O)=C1\C(=O)C(=O)N(CCN(C)C)[C@@H]1c1cccnc1. The van der Waals surface area contributed by atoms with Gasteiger partial charge in [0.05, 0.1) is 18.2 Å². The average Bonchev–Trinajstić information content (AvgIpc) is 3.01. The van der Waals surface area contributed by atoms with Crippen molar-refractivity contribution >= 4 is 17.4 Å². The highest BCUT2D eigenvalue weighted by Gasteiger charge is 2.46. The van der Waals surface area contributed by atoms with Gasteiger partial charge in [-0.05, 0) is 62.3 Å². The summed E-state index contributed by atoms with van der Waals surface area (Å²) in [4.78, 5) is 33.6. The summed E-state index contributed by atoms with van der Waals surface area (Å²) in [6.45, 7) is 7.52. The Labute approximate surface area is 189 Å². The molecule has 1 aliphatic rings. The van der Waals surface area contributed by atoms with E-state index in [1.54, 1.807) is 30.6 Å². The molecule has 1 amide bonds. The molecule has 7 nitrogen and oxygen atoms in total. The number of carbonyl (C=O) groups excluding carboxylic acids is 2. The zero-order chi connectivity index (χ0) is 23.4. The Hall–Kier alpha value is -3.19. The highest BCUT2D eigenvalue weighted by molar-refractivity contribution is 6.46. The van der Waals surface area contributed by atoms with Gasteiger partial charge >= 0.3 is 0 Å². The van der Waals surface area contributed by atoms with Crippen molar-refractivity contribution in [3.05, 3.63) is 65.0 Å². The lowest BCUT2D eigenvalue weighted by Crippen LogP contribution is -2.35. The minimum atomic E-state index is -0.695. The molecule has 0 bridgehead atoms. The third kappa shape index (κ3) is 4.99. The number of benzene rings is 1. The smallest absolute Gasteiger partial charge is 0.295 e. The summed E-state index contributed by atoms with van der Waals surface area (Å²) in [5.74, 6) is -0.395. The number of carbonyl (C=O) groups is 2. The zero-order valence-electron chi connectivity index (χ0n) is 19.3. The maximum Gasteiger partial charge on any atom is 0.295 e. The first kappa shape index (κ1) is 23.5. The number of aliphatic hydroxyl groups is 1. The molecule has 2 heterocycles. The summed E-state index contributed by atoms with van der Waals surface area (Å²) in [6.07, 6.45) is 3.26. The van der Waals surface area contributed by atoms with Gasteiger partial charge in [-0.3, -0.25) is 14.6 Å². The van der Waals surface area contributed by atoms with Crippen LogP contribution in [0.4, 0.5) is 0 Å². The number of Topliss-reactive ketones (excluding diaryl/α,β-unsaturated/α-hetero) is 1. The molecule has 0 spiro atoms. The third-order valence-electron chi connectivity index (χ3n) is 5.36. The summed E-state index contributed by atoms with van der Waals surface area (Å²) in [5.41, 5.74) is 2.02. The molecule has 1 aliphatic heterocycles. The highest BCUT2D eigenvalue weighted by atomic mass is 16.5. The third-order valence-corrected chi connectivity index (χ3v) is 5.36. The summed E-state index contributed by atoms with van der Waals surface area (Å²) in [6, 6.07) is 8.21. The van der Waals surface area contributed by atoms with Gasteiger partial charge in [-0.25, -0.2) is 0 Å². The topological polar surface area (TPSA) is 83.0 Å². The van der Waals surface area contributed by atoms with Crippen molar-refractivity contribution < 1.29 is 19.4 Å². The van der Waals surface area contributed by atoms with E-state index in [1.807, 2.05) is 38.1 Å². The van der Waals surface area contributed by atoms with E-state index in [4.69, 9.17) is 4.74 Å². The lowest BCUT2D eigenvalue weighted by molar-refractivity contribution is -0.140. The largest absolute Gasteiger partial charge is 0.507 e. The van der Waals surface area contributed by atoms with Crippen LogP contribution in [-0.2, 0) is 9.59 Å². The number of ketones is 1. The van der Waals surface area contributed by atoms with Crippen molar-refractivity contribution in [2.24, 2.45) is 5.92 Å². The van der Waals surface area contributed by atoms with Crippen LogP contribution in [0.25, 0.3) is 5.76 Å². The van der Waals surface area contributed by atoms with Crippen molar-refractivity contribution in [2.45, 2.75) is 26.8 Å². The van der Waals surface area contributed by atoms with E-state index in [0.717, 1.165) is 5.56 Å². The Morgan fingerprint density at radius 1 is 1.25 bits per heavy atom. The van der Waals surface area contributed by atoms with Crippen LogP contribution in [0.3, 0.4) is 0 Å². The molecular weight excluding hydrogens is 406 g/mol. The van der Waals surface area contributed by atoms with Gasteiger partial charge in [0.2, 0.25) is 0 Å². The van der Waals surface area contributed by atoms with Crippen molar-refractivity contribution in [1.82, 2.24) is 14.8 Å². The summed E-state index contributed by atoms with van der Waals surface area (Å²) >= 11 is 0. The number of amides is 1. The maximum absolute atomic E-state index is 13.0. The molecule has 1 aromatic heterocycles. The summed E-state index contributed by atoms with van der Waals surface area (Å²) < 4.78 is 5.77. The van der Waals surface area contributed by atoms with Gasteiger partial charge in [-0.2, -0.15) is 0 Å². The van der Waals surface area contributed by atoms with E-state index >= 15 is 0 Å². The molecule has 7 heteroatoms. The number of pyridine rings is 1. The molecule has 1 aromatic carbocycles. The number of aliphatic hydroxyl groups excluding tert-OH is 1. The Kier molecular flexibility index (Phi) is 7.30. The molecule has 0 unspecified atom stereocenters. The predicted octanol–water partition coefficient (Wildman–Crippen LogP) is 3.41. The summed E-state index contributed by atoms with van der Waals surface area (Å²) in [5, 5.41) is 11.2. The second-order valence-corrected chi connectivity index (χ2v) is 8.76. The standard InChI is InChI=1S/C25H31N3O4/c1-16(2)15-32-19-8-9-20(17(3)13-19)23(29)21-22(18-7-6-10-26-14-18)28(12-11-27(4)5)25(31)24(21)30/h6-10,13-14,16,22,29H,11-12,15H2,1-5H3/b23-21+/t22-/m1/s1. The first-order valence-corrected chi connectivity index (χ1v) is 10.8. The number of likely N-dealkylation sites (tertiary alicyclic amines) is 1. The van der Waals surface area contributed by atoms with Crippen LogP contribution in [0.1, 0.15) is 36.6 Å². The van der Waals surface area contributed by atoms with E-state index in [9.17, 15) is 14.7 Å². The molecule has 170 valence electrons. The van der Waals surface area contributed by atoms with Crippen LogP contribution in [0, 0.1) is 12.8 Å².